The Morgan fingerprint density at radius 2 is 1.88 bits per heavy atom. The van der Waals surface area contributed by atoms with Crippen molar-refractivity contribution < 1.29 is 14.3 Å². The minimum atomic E-state index is -0.243. The zero-order chi connectivity index (χ0) is 21.6. The number of ether oxygens (including phenoxy) is 1. The van der Waals surface area contributed by atoms with Crippen molar-refractivity contribution in [3.8, 4) is 0 Å². The molecular weight excluding hydrogens is 521 g/mol. The lowest BCUT2D eigenvalue weighted by Crippen LogP contribution is -2.55. The number of rotatable bonds is 5. The first-order chi connectivity index (χ1) is 15.1. The standard InChI is InChI=1S/C23H33N5O3.HI/c1-24-23(27-12-10-26(11-13-27)22(30)20-7-4-14-31-20)25-16-18-5-2-6-19(15-18)17-28-9-3-8-21(28)29;/h2,5-6,15,20H,3-4,7-14,16-17H2,1H3,(H,24,25);1H. The molecule has 9 heteroatoms. The van der Waals surface area contributed by atoms with Gasteiger partial charge in [-0.25, -0.2) is 0 Å². The van der Waals surface area contributed by atoms with Crippen LogP contribution in [-0.4, -0.2) is 85.0 Å². The number of benzene rings is 1. The van der Waals surface area contributed by atoms with Crippen LogP contribution in [0.1, 0.15) is 36.8 Å². The molecule has 3 heterocycles. The summed E-state index contributed by atoms with van der Waals surface area (Å²) in [5.41, 5.74) is 2.32. The number of guanidine groups is 1. The first-order valence-corrected chi connectivity index (χ1v) is 11.4. The van der Waals surface area contributed by atoms with Gasteiger partial charge < -0.3 is 24.8 Å². The van der Waals surface area contributed by atoms with E-state index < -0.39 is 0 Å². The van der Waals surface area contributed by atoms with Crippen LogP contribution in [-0.2, 0) is 27.4 Å². The van der Waals surface area contributed by atoms with E-state index in [1.807, 2.05) is 15.9 Å². The topological polar surface area (TPSA) is 77.5 Å². The number of hydrogen-bond acceptors (Lipinski definition) is 4. The molecule has 1 N–H and O–H groups in total. The Kier molecular flexibility index (Phi) is 9.15. The molecule has 3 fully saturated rings. The molecule has 3 aliphatic rings. The lowest BCUT2D eigenvalue weighted by molar-refractivity contribution is -0.142. The summed E-state index contributed by atoms with van der Waals surface area (Å²) in [6, 6.07) is 8.37. The molecular formula is C23H34IN5O3. The van der Waals surface area contributed by atoms with Crippen LogP contribution in [0.15, 0.2) is 29.3 Å². The molecule has 32 heavy (non-hydrogen) atoms. The van der Waals surface area contributed by atoms with Gasteiger partial charge in [0.15, 0.2) is 5.96 Å². The van der Waals surface area contributed by atoms with Gasteiger partial charge in [0.1, 0.15) is 6.10 Å². The zero-order valence-corrected chi connectivity index (χ0v) is 21.1. The van der Waals surface area contributed by atoms with Gasteiger partial charge in [0.05, 0.1) is 0 Å². The third-order valence-electron chi connectivity index (χ3n) is 6.29. The molecule has 0 aliphatic carbocycles. The van der Waals surface area contributed by atoms with Gasteiger partial charge >= 0.3 is 0 Å². The fraction of sp³-hybridized carbons (Fsp3) is 0.609. The van der Waals surface area contributed by atoms with Crippen LogP contribution in [0.4, 0.5) is 0 Å². The maximum atomic E-state index is 12.5. The van der Waals surface area contributed by atoms with Gasteiger partial charge in [-0.3, -0.25) is 14.6 Å². The Hall–Kier alpha value is -1.88. The third kappa shape index (κ3) is 6.12. The molecule has 0 radical (unpaired) electrons. The Bertz CT molecular complexity index is 820. The largest absolute Gasteiger partial charge is 0.368 e. The van der Waals surface area contributed by atoms with Crippen molar-refractivity contribution in [3.63, 3.8) is 0 Å². The van der Waals surface area contributed by atoms with Gasteiger partial charge in [-0.05, 0) is 30.4 Å². The van der Waals surface area contributed by atoms with E-state index >= 15 is 0 Å². The first kappa shape index (κ1) is 24.8. The third-order valence-corrected chi connectivity index (χ3v) is 6.29. The molecule has 1 unspecified atom stereocenters. The molecule has 0 spiro atoms. The van der Waals surface area contributed by atoms with Crippen molar-refractivity contribution >= 4 is 41.8 Å². The van der Waals surface area contributed by atoms with Gasteiger partial charge in [-0.2, -0.15) is 0 Å². The van der Waals surface area contributed by atoms with Crippen molar-refractivity contribution in [1.29, 1.82) is 0 Å². The summed E-state index contributed by atoms with van der Waals surface area (Å²) < 4.78 is 5.55. The van der Waals surface area contributed by atoms with Crippen LogP contribution < -0.4 is 5.32 Å². The summed E-state index contributed by atoms with van der Waals surface area (Å²) in [5, 5.41) is 3.45. The number of amides is 2. The fourth-order valence-corrected chi connectivity index (χ4v) is 4.56. The maximum Gasteiger partial charge on any atom is 0.251 e. The van der Waals surface area contributed by atoms with Gasteiger partial charge in [-0.1, -0.05) is 24.3 Å². The molecule has 8 nitrogen and oxygen atoms in total. The second kappa shape index (κ2) is 11.8. The Balaban J connectivity index is 0.00000289. The Labute approximate surface area is 207 Å². The quantitative estimate of drug-likeness (QED) is 0.341. The second-order valence-electron chi connectivity index (χ2n) is 8.45. The lowest BCUT2D eigenvalue weighted by atomic mass is 10.1. The summed E-state index contributed by atoms with van der Waals surface area (Å²) in [6.45, 7) is 5.81. The molecule has 3 aliphatic heterocycles. The number of nitrogens with one attached hydrogen (secondary N) is 1. The molecule has 176 valence electrons. The van der Waals surface area contributed by atoms with E-state index in [1.165, 1.54) is 0 Å². The number of hydrogen-bond donors (Lipinski definition) is 1. The maximum absolute atomic E-state index is 12.5. The first-order valence-electron chi connectivity index (χ1n) is 11.4. The highest BCUT2D eigenvalue weighted by atomic mass is 127. The zero-order valence-electron chi connectivity index (χ0n) is 18.8. The minimum Gasteiger partial charge on any atom is -0.368 e. The molecule has 0 bridgehead atoms. The van der Waals surface area contributed by atoms with Crippen molar-refractivity contribution in [1.82, 2.24) is 20.0 Å². The van der Waals surface area contributed by atoms with Gasteiger partial charge in [0.25, 0.3) is 5.91 Å². The smallest absolute Gasteiger partial charge is 0.251 e. The Morgan fingerprint density at radius 3 is 2.53 bits per heavy atom. The van der Waals surface area contributed by atoms with Crippen molar-refractivity contribution in [3.05, 3.63) is 35.4 Å². The summed E-state index contributed by atoms with van der Waals surface area (Å²) in [6.07, 6.45) is 3.20. The molecule has 1 aromatic carbocycles. The monoisotopic (exact) mass is 555 g/mol. The van der Waals surface area contributed by atoms with Crippen LogP contribution in [0, 0.1) is 0 Å². The molecule has 2 amide bonds. The normalized spacial score (nSPS) is 21.7. The SMILES string of the molecule is CN=C(NCc1cccc(CN2CCCC2=O)c1)N1CCN(C(=O)C2CCCO2)CC1.I. The number of likely N-dealkylation sites (tertiary alicyclic amines) is 1. The summed E-state index contributed by atoms with van der Waals surface area (Å²) in [7, 11) is 1.79. The number of carbonyl (C=O) groups is 2. The highest BCUT2D eigenvalue weighted by Crippen LogP contribution is 2.17. The van der Waals surface area contributed by atoms with E-state index in [4.69, 9.17) is 4.74 Å². The molecule has 0 saturated carbocycles. The van der Waals surface area contributed by atoms with Gasteiger partial charge in [0.2, 0.25) is 5.91 Å². The van der Waals surface area contributed by atoms with Crippen molar-refractivity contribution in [2.75, 3.05) is 46.4 Å². The van der Waals surface area contributed by atoms with Crippen LogP contribution >= 0.6 is 24.0 Å². The van der Waals surface area contributed by atoms with Crippen molar-refractivity contribution in [2.24, 2.45) is 4.99 Å². The fourth-order valence-electron chi connectivity index (χ4n) is 4.56. The summed E-state index contributed by atoms with van der Waals surface area (Å²) >= 11 is 0. The van der Waals surface area contributed by atoms with Crippen LogP contribution in [0.5, 0.6) is 0 Å². The van der Waals surface area contributed by atoms with E-state index in [9.17, 15) is 9.59 Å². The van der Waals surface area contributed by atoms with Gasteiger partial charge in [0, 0.05) is 65.9 Å². The van der Waals surface area contributed by atoms with E-state index in [0.717, 1.165) is 56.0 Å². The van der Waals surface area contributed by atoms with E-state index in [-0.39, 0.29) is 41.9 Å². The number of aliphatic imine (C=N–C) groups is 1. The van der Waals surface area contributed by atoms with Crippen LogP contribution in [0.25, 0.3) is 0 Å². The van der Waals surface area contributed by atoms with E-state index in [1.54, 1.807) is 7.05 Å². The minimum absolute atomic E-state index is 0. The highest BCUT2D eigenvalue weighted by Gasteiger charge is 2.30. The number of nitrogens with zero attached hydrogens (tertiary/aromatic N) is 4. The van der Waals surface area contributed by atoms with E-state index in [2.05, 4.69) is 33.4 Å². The number of carbonyl (C=O) groups excluding carboxylic acids is 2. The lowest BCUT2D eigenvalue weighted by Gasteiger charge is -2.37. The molecule has 4 rings (SSSR count). The van der Waals surface area contributed by atoms with E-state index in [0.29, 0.717) is 39.2 Å². The highest BCUT2D eigenvalue weighted by molar-refractivity contribution is 14.0. The summed E-state index contributed by atoms with van der Waals surface area (Å²) in [5.74, 6) is 1.23. The number of piperazine rings is 1. The number of halogens is 1. The Morgan fingerprint density at radius 1 is 1.12 bits per heavy atom. The average Bonchev–Trinajstić information content (AvgIpc) is 3.47. The van der Waals surface area contributed by atoms with Crippen LogP contribution in [0.2, 0.25) is 0 Å². The molecule has 1 aromatic rings. The molecule has 0 aromatic heterocycles. The predicted octanol–water partition coefficient (Wildman–Crippen LogP) is 1.83. The molecule has 1 atom stereocenters. The van der Waals surface area contributed by atoms with Crippen molar-refractivity contribution in [2.45, 2.75) is 44.9 Å². The van der Waals surface area contributed by atoms with Crippen LogP contribution in [0.3, 0.4) is 0 Å². The second-order valence-corrected chi connectivity index (χ2v) is 8.45. The van der Waals surface area contributed by atoms with Gasteiger partial charge in [-0.15, -0.1) is 24.0 Å². The molecule has 3 saturated heterocycles. The summed E-state index contributed by atoms with van der Waals surface area (Å²) in [4.78, 5) is 34.9. The predicted molar refractivity (Wildman–Crippen MR) is 134 cm³/mol. The average molecular weight is 555 g/mol.